The Bertz CT molecular complexity index is 1460. The van der Waals surface area contributed by atoms with Crippen LogP contribution >= 0.6 is 7.26 Å². The van der Waals surface area contributed by atoms with Gasteiger partial charge in [-0.05, 0) is 72.8 Å². The van der Waals surface area contributed by atoms with Gasteiger partial charge in [-0.3, -0.25) is 0 Å². The smallest absolute Gasteiger partial charge is 0.170 e. The van der Waals surface area contributed by atoms with E-state index in [9.17, 15) is 0 Å². The Morgan fingerprint density at radius 3 is 1.15 bits per heavy atom. The molecule has 0 unspecified atom stereocenters. The number of para-hydroxylation sites is 3. The number of hydrogen-bond acceptors (Lipinski definition) is 2. The Kier molecular flexibility index (Phi) is 8.48. The van der Waals surface area contributed by atoms with E-state index in [4.69, 9.17) is 9.84 Å². The monoisotopic (exact) mass is 525 g/mol. The molecule has 0 atom stereocenters. The third-order valence-corrected chi connectivity index (χ3v) is 10.7. The zero-order valence-corrected chi connectivity index (χ0v) is 22.4. The van der Waals surface area contributed by atoms with Crippen LogP contribution in [0.4, 0.5) is 0 Å². The van der Waals surface area contributed by atoms with Gasteiger partial charge in [0.2, 0.25) is 0 Å². The summed E-state index contributed by atoms with van der Waals surface area (Å²) >= 11 is 0. The molecule has 0 aliphatic rings. The van der Waals surface area contributed by atoms with E-state index in [-0.39, 0.29) is 0 Å². The highest BCUT2D eigenvalue weighted by atomic mass is 31.2. The van der Waals surface area contributed by atoms with Gasteiger partial charge in [-0.1, -0.05) is 103 Å². The van der Waals surface area contributed by atoms with Crippen LogP contribution in [0, 0.1) is 0 Å². The number of ether oxygens (including phenoxy) is 1. The fraction of sp³-hybridized carbons (Fsp3) is 0. The predicted molar refractivity (Wildman–Crippen MR) is 166 cm³/mol. The van der Waals surface area contributed by atoms with Crippen LogP contribution in [-0.2, 0) is 0 Å². The zero-order valence-electron chi connectivity index (χ0n) is 21.5. The lowest BCUT2D eigenvalue weighted by atomic mass is 10.3. The fourth-order valence-corrected chi connectivity index (χ4v) is 9.03. The third-order valence-electron chi connectivity index (χ3n) is 6.38. The quantitative estimate of drug-likeness (QED) is 0.228. The van der Waals surface area contributed by atoms with Gasteiger partial charge in [0.25, 0.3) is 0 Å². The molecule has 6 rings (SSSR count). The summed E-state index contributed by atoms with van der Waals surface area (Å²) in [5.41, 5.74) is 0. The predicted octanol–water partition coefficient (Wildman–Crippen LogP) is 7.49. The normalized spacial score (nSPS) is 10.7. The van der Waals surface area contributed by atoms with Gasteiger partial charge in [0, 0.05) is 0 Å². The van der Waals surface area contributed by atoms with E-state index in [0.717, 1.165) is 11.5 Å². The second-order valence-electron chi connectivity index (χ2n) is 8.90. The topological polar surface area (TPSA) is 29.5 Å². The molecule has 0 fully saturated rings. The summed E-state index contributed by atoms with van der Waals surface area (Å²) in [6.45, 7) is 0. The molecule has 0 aromatic heterocycles. The van der Waals surface area contributed by atoms with E-state index < -0.39 is 7.26 Å². The Hall–Kier alpha value is -4.65. The molecule has 0 heterocycles. The van der Waals surface area contributed by atoms with Gasteiger partial charge in [0.05, 0.1) is 0 Å². The van der Waals surface area contributed by atoms with Crippen LogP contribution in [0.5, 0.6) is 17.2 Å². The highest BCUT2D eigenvalue weighted by molar-refractivity contribution is 8.01. The first-order valence-electron chi connectivity index (χ1n) is 12.9. The largest absolute Gasteiger partial charge is 0.508 e. The lowest BCUT2D eigenvalue weighted by Crippen LogP contribution is -2.39. The van der Waals surface area contributed by atoms with E-state index in [1.54, 1.807) is 24.3 Å². The highest BCUT2D eigenvalue weighted by Crippen LogP contribution is 2.56. The first-order chi connectivity index (χ1) is 19.3. The molecule has 190 valence electrons. The Labute approximate surface area is 231 Å². The molecule has 2 nitrogen and oxygen atoms in total. The molecule has 0 radical (unpaired) electrons. The Morgan fingerprint density at radius 1 is 0.385 bits per heavy atom. The SMILES string of the molecule is Oc1ccccc1.c1ccc(Oc2ccccc2[P+](c2ccccc2)(c2ccccc2)c2ccccc2)cc1. The summed E-state index contributed by atoms with van der Waals surface area (Å²) in [7, 11) is -2.21. The van der Waals surface area contributed by atoms with Crippen molar-refractivity contribution in [1.82, 2.24) is 0 Å². The molecule has 0 saturated carbocycles. The van der Waals surface area contributed by atoms with Crippen LogP contribution in [0.3, 0.4) is 0 Å². The second-order valence-corrected chi connectivity index (χ2v) is 12.3. The molecule has 0 saturated heterocycles. The van der Waals surface area contributed by atoms with E-state index in [1.165, 1.54) is 21.2 Å². The van der Waals surface area contributed by atoms with Gasteiger partial charge in [-0.25, -0.2) is 0 Å². The molecule has 6 aromatic carbocycles. The second kappa shape index (κ2) is 12.7. The van der Waals surface area contributed by atoms with Crippen LogP contribution in [0.2, 0.25) is 0 Å². The summed E-state index contributed by atoms with van der Waals surface area (Å²) in [5, 5.41) is 13.8. The van der Waals surface area contributed by atoms with Crippen LogP contribution in [-0.4, -0.2) is 5.11 Å². The maximum Gasteiger partial charge on any atom is 0.170 e. The van der Waals surface area contributed by atoms with Crippen molar-refractivity contribution in [2.75, 3.05) is 0 Å². The lowest BCUT2D eigenvalue weighted by molar-refractivity contribution is 0.475. The molecule has 0 aliphatic heterocycles. The van der Waals surface area contributed by atoms with Crippen LogP contribution in [0.1, 0.15) is 0 Å². The fourth-order valence-electron chi connectivity index (χ4n) is 4.68. The van der Waals surface area contributed by atoms with Gasteiger partial charge < -0.3 is 9.84 Å². The minimum absolute atomic E-state index is 0.322. The van der Waals surface area contributed by atoms with E-state index >= 15 is 0 Å². The average molecular weight is 526 g/mol. The van der Waals surface area contributed by atoms with Crippen molar-refractivity contribution in [3.8, 4) is 17.2 Å². The lowest BCUT2D eigenvalue weighted by Gasteiger charge is -2.28. The maximum atomic E-state index is 8.63. The van der Waals surface area contributed by atoms with Gasteiger partial charge in [0.1, 0.15) is 34.7 Å². The minimum atomic E-state index is -2.21. The van der Waals surface area contributed by atoms with Crippen LogP contribution in [0.15, 0.2) is 176 Å². The molecule has 6 aromatic rings. The van der Waals surface area contributed by atoms with Crippen molar-refractivity contribution < 1.29 is 9.84 Å². The molecule has 0 bridgehead atoms. The van der Waals surface area contributed by atoms with Crippen molar-refractivity contribution in [1.29, 1.82) is 0 Å². The van der Waals surface area contributed by atoms with Crippen molar-refractivity contribution in [2.24, 2.45) is 0 Å². The molecule has 39 heavy (non-hydrogen) atoms. The van der Waals surface area contributed by atoms with E-state index in [0.29, 0.717) is 5.75 Å². The van der Waals surface area contributed by atoms with Crippen molar-refractivity contribution in [2.45, 2.75) is 0 Å². The third kappa shape index (κ3) is 5.93. The number of aromatic hydroxyl groups is 1. The van der Waals surface area contributed by atoms with Gasteiger partial charge in [-0.2, -0.15) is 0 Å². The summed E-state index contributed by atoms with van der Waals surface area (Å²) < 4.78 is 6.51. The number of hydrogen-bond donors (Lipinski definition) is 1. The van der Waals surface area contributed by atoms with Crippen molar-refractivity contribution in [3.05, 3.63) is 176 Å². The Morgan fingerprint density at radius 2 is 0.744 bits per heavy atom. The maximum absolute atomic E-state index is 8.63. The molecular formula is C36H30O2P+. The summed E-state index contributed by atoms with van der Waals surface area (Å²) in [5.74, 6) is 2.05. The first kappa shape index (κ1) is 26.0. The summed E-state index contributed by atoms with van der Waals surface area (Å²) in [4.78, 5) is 0. The Balaban J connectivity index is 0.000000384. The number of phenolic OH excluding ortho intramolecular Hbond substituents is 1. The first-order valence-corrected chi connectivity index (χ1v) is 14.7. The molecule has 0 aliphatic carbocycles. The van der Waals surface area contributed by atoms with Gasteiger partial charge >= 0.3 is 0 Å². The average Bonchev–Trinajstić information content (AvgIpc) is 3.01. The molecule has 3 heteroatoms. The van der Waals surface area contributed by atoms with E-state index in [1.807, 2.05) is 36.4 Å². The summed E-state index contributed by atoms with van der Waals surface area (Å²) in [6, 6.07) is 59.8. The standard InChI is InChI=1S/C30H24OP.C6H6O/c1-5-15-25(16-6-1)31-29-23-13-14-24-30(29)32(26-17-7-2-8-18-26,27-19-9-3-10-20-27)28-21-11-4-12-22-28;7-6-4-2-1-3-5-6/h1-24H;1-5,7H/q+1;. The molecule has 0 amide bonds. The zero-order chi connectivity index (χ0) is 26.8. The van der Waals surface area contributed by atoms with Gasteiger partial charge in [0.15, 0.2) is 11.1 Å². The van der Waals surface area contributed by atoms with Crippen LogP contribution in [0.25, 0.3) is 0 Å². The number of benzene rings is 6. The molecule has 0 spiro atoms. The highest BCUT2D eigenvalue weighted by Gasteiger charge is 2.49. The number of rotatable bonds is 6. The van der Waals surface area contributed by atoms with Crippen molar-refractivity contribution in [3.63, 3.8) is 0 Å². The summed E-state index contributed by atoms with van der Waals surface area (Å²) in [6.07, 6.45) is 0. The molecular weight excluding hydrogens is 495 g/mol. The van der Waals surface area contributed by atoms with E-state index in [2.05, 4.69) is 115 Å². The number of phenols is 1. The van der Waals surface area contributed by atoms with Gasteiger partial charge in [-0.15, -0.1) is 0 Å². The molecule has 1 N–H and O–H groups in total. The van der Waals surface area contributed by atoms with Crippen molar-refractivity contribution >= 4 is 28.5 Å². The van der Waals surface area contributed by atoms with Crippen LogP contribution < -0.4 is 26.0 Å². The minimum Gasteiger partial charge on any atom is -0.508 e.